The summed E-state index contributed by atoms with van der Waals surface area (Å²) in [6.07, 6.45) is 0.268. The van der Waals surface area contributed by atoms with E-state index in [1.54, 1.807) is 11.3 Å². The first kappa shape index (κ1) is 13.0. The number of hydrogen-bond donors (Lipinski definition) is 1. The Morgan fingerprint density at radius 2 is 2.15 bits per heavy atom. The predicted molar refractivity (Wildman–Crippen MR) is 77.4 cm³/mol. The van der Waals surface area contributed by atoms with Crippen molar-refractivity contribution in [2.45, 2.75) is 12.5 Å². The van der Waals surface area contributed by atoms with Crippen LogP contribution in [-0.2, 0) is 11.2 Å². The molecular formula is C15H15NO3S. The lowest BCUT2D eigenvalue weighted by atomic mass is 10.2. The largest absolute Gasteiger partial charge is 0.486 e. The van der Waals surface area contributed by atoms with Gasteiger partial charge in [-0.05, 0) is 34.5 Å². The number of carbonyl (C=O) groups is 1. The molecule has 1 aliphatic heterocycles. The number of rotatable bonds is 4. The molecule has 1 aromatic carbocycles. The van der Waals surface area contributed by atoms with Crippen molar-refractivity contribution in [1.29, 1.82) is 0 Å². The molecule has 0 bridgehead atoms. The van der Waals surface area contributed by atoms with Gasteiger partial charge in [0.15, 0.2) is 11.5 Å². The average Bonchev–Trinajstić information content (AvgIpc) is 2.98. The maximum Gasteiger partial charge on any atom is 0.224 e. The van der Waals surface area contributed by atoms with Crippen LogP contribution in [0.15, 0.2) is 41.1 Å². The summed E-state index contributed by atoms with van der Waals surface area (Å²) in [5, 5.41) is 6.83. The average molecular weight is 289 g/mol. The molecule has 0 fully saturated rings. The van der Waals surface area contributed by atoms with Gasteiger partial charge in [0.1, 0.15) is 12.7 Å². The number of thiophene rings is 1. The highest BCUT2D eigenvalue weighted by Gasteiger charge is 2.20. The van der Waals surface area contributed by atoms with Crippen LogP contribution in [0.25, 0.3) is 0 Å². The Kier molecular flexibility index (Phi) is 3.87. The fourth-order valence-corrected chi connectivity index (χ4v) is 2.70. The molecule has 1 N–H and O–H groups in total. The molecule has 1 amide bonds. The van der Waals surface area contributed by atoms with Crippen LogP contribution in [0.2, 0.25) is 0 Å². The number of benzene rings is 1. The maximum absolute atomic E-state index is 11.8. The summed E-state index contributed by atoms with van der Waals surface area (Å²) in [6.45, 7) is 0.910. The van der Waals surface area contributed by atoms with Crippen LogP contribution in [0.5, 0.6) is 11.5 Å². The van der Waals surface area contributed by atoms with Crippen molar-refractivity contribution in [2.24, 2.45) is 0 Å². The van der Waals surface area contributed by atoms with E-state index in [4.69, 9.17) is 9.47 Å². The normalized spacial score (nSPS) is 16.7. The van der Waals surface area contributed by atoms with Crippen LogP contribution >= 0.6 is 11.3 Å². The van der Waals surface area contributed by atoms with Gasteiger partial charge in [-0.15, -0.1) is 0 Å². The summed E-state index contributed by atoms with van der Waals surface area (Å²) < 4.78 is 11.4. The number of amides is 1. The van der Waals surface area contributed by atoms with E-state index < -0.39 is 0 Å². The van der Waals surface area contributed by atoms with Crippen molar-refractivity contribution in [3.63, 3.8) is 0 Å². The van der Waals surface area contributed by atoms with E-state index in [1.807, 2.05) is 41.1 Å². The van der Waals surface area contributed by atoms with Crippen molar-refractivity contribution in [3.8, 4) is 11.5 Å². The second kappa shape index (κ2) is 5.96. The van der Waals surface area contributed by atoms with Gasteiger partial charge >= 0.3 is 0 Å². The molecule has 0 saturated heterocycles. The summed E-state index contributed by atoms with van der Waals surface area (Å²) in [7, 11) is 0. The highest BCUT2D eigenvalue weighted by atomic mass is 32.1. The monoisotopic (exact) mass is 289 g/mol. The van der Waals surface area contributed by atoms with Gasteiger partial charge in [0.2, 0.25) is 5.91 Å². The van der Waals surface area contributed by atoms with E-state index in [1.165, 1.54) is 0 Å². The zero-order valence-electron chi connectivity index (χ0n) is 10.9. The minimum atomic E-state index is -0.142. The standard InChI is InChI=1S/C15H15NO3S/c17-15(7-11-5-6-20-10-11)16-8-12-9-18-13-3-1-2-4-14(13)19-12/h1-6,10,12H,7-9H2,(H,16,17). The molecule has 5 heteroatoms. The Morgan fingerprint density at radius 1 is 1.30 bits per heavy atom. The smallest absolute Gasteiger partial charge is 0.224 e. The number of ether oxygens (including phenoxy) is 2. The third-order valence-electron chi connectivity index (χ3n) is 3.04. The fourth-order valence-electron chi connectivity index (χ4n) is 2.03. The molecule has 0 spiro atoms. The number of para-hydroxylation sites is 2. The molecule has 20 heavy (non-hydrogen) atoms. The van der Waals surface area contributed by atoms with Gasteiger partial charge < -0.3 is 14.8 Å². The molecule has 1 aliphatic rings. The Morgan fingerprint density at radius 3 is 2.95 bits per heavy atom. The molecule has 3 rings (SSSR count). The molecule has 0 aliphatic carbocycles. The van der Waals surface area contributed by atoms with Crippen LogP contribution in [-0.4, -0.2) is 25.2 Å². The topological polar surface area (TPSA) is 47.6 Å². The van der Waals surface area contributed by atoms with E-state index in [0.717, 1.165) is 17.1 Å². The van der Waals surface area contributed by atoms with Crippen LogP contribution in [0.4, 0.5) is 0 Å². The van der Waals surface area contributed by atoms with E-state index in [0.29, 0.717) is 19.6 Å². The number of fused-ring (bicyclic) bond motifs is 1. The van der Waals surface area contributed by atoms with E-state index in [-0.39, 0.29) is 12.0 Å². The molecule has 1 aromatic heterocycles. The Hall–Kier alpha value is -2.01. The predicted octanol–water partition coefficient (Wildman–Crippen LogP) is 2.25. The Bertz CT molecular complexity index is 583. The van der Waals surface area contributed by atoms with Crippen molar-refractivity contribution in [2.75, 3.05) is 13.2 Å². The van der Waals surface area contributed by atoms with E-state index in [9.17, 15) is 4.79 Å². The minimum absolute atomic E-state index is 0.00542. The van der Waals surface area contributed by atoms with Crippen LogP contribution in [0, 0.1) is 0 Å². The molecule has 0 radical (unpaired) electrons. The lowest BCUT2D eigenvalue weighted by Crippen LogP contribution is -2.41. The maximum atomic E-state index is 11.8. The Balaban J connectivity index is 1.49. The van der Waals surface area contributed by atoms with Crippen LogP contribution in [0.1, 0.15) is 5.56 Å². The second-order valence-electron chi connectivity index (χ2n) is 4.61. The molecule has 1 unspecified atom stereocenters. The first-order valence-electron chi connectivity index (χ1n) is 6.47. The van der Waals surface area contributed by atoms with E-state index in [2.05, 4.69) is 5.32 Å². The highest BCUT2D eigenvalue weighted by molar-refractivity contribution is 7.07. The molecule has 4 nitrogen and oxygen atoms in total. The van der Waals surface area contributed by atoms with E-state index >= 15 is 0 Å². The summed E-state index contributed by atoms with van der Waals surface area (Å²) >= 11 is 1.60. The van der Waals surface area contributed by atoms with Crippen LogP contribution < -0.4 is 14.8 Å². The van der Waals surface area contributed by atoms with Gasteiger partial charge in [-0.3, -0.25) is 4.79 Å². The van der Waals surface area contributed by atoms with Crippen molar-refractivity contribution in [1.82, 2.24) is 5.32 Å². The van der Waals surface area contributed by atoms with Gasteiger partial charge in [0, 0.05) is 0 Å². The zero-order valence-corrected chi connectivity index (χ0v) is 11.7. The summed E-state index contributed by atoms with van der Waals surface area (Å²) in [5.41, 5.74) is 1.04. The van der Waals surface area contributed by atoms with Gasteiger partial charge in [-0.2, -0.15) is 11.3 Å². The van der Waals surface area contributed by atoms with Gasteiger partial charge in [-0.1, -0.05) is 12.1 Å². The SMILES string of the molecule is O=C(Cc1ccsc1)NCC1COc2ccccc2O1. The number of carbonyl (C=O) groups excluding carboxylic acids is 1. The first-order valence-corrected chi connectivity index (χ1v) is 7.42. The zero-order chi connectivity index (χ0) is 13.8. The van der Waals surface area contributed by atoms with Crippen molar-refractivity contribution < 1.29 is 14.3 Å². The molecule has 1 atom stereocenters. The van der Waals surface area contributed by atoms with Crippen molar-refractivity contribution >= 4 is 17.2 Å². The summed E-state index contributed by atoms with van der Waals surface area (Å²) in [6, 6.07) is 9.51. The third-order valence-corrected chi connectivity index (χ3v) is 3.77. The molecule has 104 valence electrons. The summed E-state index contributed by atoms with van der Waals surface area (Å²) in [4.78, 5) is 11.8. The lowest BCUT2D eigenvalue weighted by molar-refractivity contribution is -0.120. The third kappa shape index (κ3) is 3.11. The molecular weight excluding hydrogens is 274 g/mol. The molecule has 0 saturated carbocycles. The fraction of sp³-hybridized carbons (Fsp3) is 0.267. The minimum Gasteiger partial charge on any atom is -0.486 e. The van der Waals surface area contributed by atoms with Crippen molar-refractivity contribution in [3.05, 3.63) is 46.7 Å². The van der Waals surface area contributed by atoms with Crippen LogP contribution in [0.3, 0.4) is 0 Å². The first-order chi connectivity index (χ1) is 9.81. The number of hydrogen-bond acceptors (Lipinski definition) is 4. The summed E-state index contributed by atoms with van der Waals surface area (Å²) in [5.74, 6) is 1.50. The van der Waals surface area contributed by atoms with Gasteiger partial charge in [0.25, 0.3) is 0 Å². The quantitative estimate of drug-likeness (QED) is 0.939. The second-order valence-corrected chi connectivity index (χ2v) is 5.39. The highest BCUT2D eigenvalue weighted by Crippen LogP contribution is 2.30. The molecule has 2 aromatic rings. The number of nitrogens with one attached hydrogen (secondary N) is 1. The Labute approximate surface area is 121 Å². The molecule has 2 heterocycles. The van der Waals surface area contributed by atoms with Gasteiger partial charge in [0.05, 0.1) is 13.0 Å². The lowest BCUT2D eigenvalue weighted by Gasteiger charge is -2.26. The van der Waals surface area contributed by atoms with Gasteiger partial charge in [-0.25, -0.2) is 0 Å².